The lowest BCUT2D eigenvalue weighted by molar-refractivity contribution is 0.639. The maximum absolute atomic E-state index is 4.80. The molecule has 6 nitrogen and oxygen atoms in total. The zero-order chi connectivity index (χ0) is 16.9. The smallest absolute Gasteiger partial charge is 0.227 e. The number of hydrogen-bond acceptors (Lipinski definition) is 6. The minimum Gasteiger partial charge on any atom is -0.353 e. The van der Waals surface area contributed by atoms with Gasteiger partial charge in [-0.3, -0.25) is 0 Å². The number of aryl methyl sites for hydroxylation is 1. The van der Waals surface area contributed by atoms with Crippen LogP contribution in [0.5, 0.6) is 0 Å². The highest BCUT2D eigenvalue weighted by atomic mass is 15.3. The molecule has 1 aliphatic rings. The summed E-state index contributed by atoms with van der Waals surface area (Å²) < 4.78 is 0. The predicted molar refractivity (Wildman–Crippen MR) is 99.0 cm³/mol. The van der Waals surface area contributed by atoms with Crippen LogP contribution in [-0.2, 0) is 0 Å². The van der Waals surface area contributed by atoms with E-state index in [1.807, 2.05) is 25.3 Å². The summed E-state index contributed by atoms with van der Waals surface area (Å²) in [5.41, 5.74) is 1.02. The Kier molecular flexibility index (Phi) is 5.13. The van der Waals surface area contributed by atoms with E-state index >= 15 is 0 Å². The van der Waals surface area contributed by atoms with Crippen LogP contribution in [0.2, 0.25) is 0 Å². The van der Waals surface area contributed by atoms with E-state index < -0.39 is 0 Å². The van der Waals surface area contributed by atoms with E-state index in [1.165, 1.54) is 0 Å². The fourth-order valence-electron chi connectivity index (χ4n) is 3.05. The highest BCUT2D eigenvalue weighted by Crippen LogP contribution is 2.20. The van der Waals surface area contributed by atoms with Crippen molar-refractivity contribution in [3.8, 4) is 0 Å². The standard InChI is InChI=1S/C18H26N6/c1-4-22(5-2)18-20-15(3)14-17(21-18)24-12-10-23(11-13-24)16-8-6-7-9-19-16/h6-9,14H,4-5,10-13H2,1-3H3. The minimum absolute atomic E-state index is 0.835. The summed E-state index contributed by atoms with van der Waals surface area (Å²) in [6.45, 7) is 12.0. The highest BCUT2D eigenvalue weighted by Gasteiger charge is 2.20. The van der Waals surface area contributed by atoms with E-state index in [-0.39, 0.29) is 0 Å². The molecular weight excluding hydrogens is 300 g/mol. The first-order valence-corrected chi connectivity index (χ1v) is 8.72. The maximum atomic E-state index is 4.80. The third-order valence-electron chi connectivity index (χ3n) is 4.45. The molecule has 0 amide bonds. The van der Waals surface area contributed by atoms with Crippen LogP contribution in [0.1, 0.15) is 19.5 Å². The first kappa shape index (κ1) is 16.5. The van der Waals surface area contributed by atoms with Crippen LogP contribution in [0.3, 0.4) is 0 Å². The summed E-state index contributed by atoms with van der Waals surface area (Å²) in [6.07, 6.45) is 1.85. The lowest BCUT2D eigenvalue weighted by Gasteiger charge is -2.36. The molecule has 24 heavy (non-hydrogen) atoms. The van der Waals surface area contributed by atoms with Crippen molar-refractivity contribution in [2.75, 3.05) is 54.0 Å². The number of pyridine rings is 1. The molecule has 2 aromatic rings. The highest BCUT2D eigenvalue weighted by molar-refractivity contribution is 5.48. The molecule has 1 saturated heterocycles. The topological polar surface area (TPSA) is 48.4 Å². The second-order valence-electron chi connectivity index (χ2n) is 6.00. The molecule has 0 unspecified atom stereocenters. The van der Waals surface area contributed by atoms with Gasteiger partial charge in [-0.1, -0.05) is 6.07 Å². The van der Waals surface area contributed by atoms with Gasteiger partial charge in [-0.25, -0.2) is 9.97 Å². The van der Waals surface area contributed by atoms with Crippen LogP contribution in [0.25, 0.3) is 0 Å². The number of rotatable bonds is 5. The van der Waals surface area contributed by atoms with Crippen LogP contribution >= 0.6 is 0 Å². The Morgan fingerprint density at radius 3 is 2.21 bits per heavy atom. The van der Waals surface area contributed by atoms with Crippen LogP contribution in [0.4, 0.5) is 17.6 Å². The van der Waals surface area contributed by atoms with E-state index in [9.17, 15) is 0 Å². The van der Waals surface area contributed by atoms with Crippen LogP contribution in [0, 0.1) is 6.92 Å². The molecule has 0 atom stereocenters. The van der Waals surface area contributed by atoms with Crippen molar-refractivity contribution in [1.29, 1.82) is 0 Å². The van der Waals surface area contributed by atoms with Crippen molar-refractivity contribution in [2.45, 2.75) is 20.8 Å². The van der Waals surface area contributed by atoms with Gasteiger partial charge in [0.05, 0.1) is 0 Å². The average Bonchev–Trinajstić information content (AvgIpc) is 2.63. The van der Waals surface area contributed by atoms with Crippen molar-refractivity contribution < 1.29 is 0 Å². The molecule has 0 radical (unpaired) electrons. The molecule has 3 rings (SSSR count). The van der Waals surface area contributed by atoms with Gasteiger partial charge in [0.25, 0.3) is 0 Å². The van der Waals surface area contributed by atoms with Crippen LogP contribution in [0.15, 0.2) is 30.5 Å². The Morgan fingerprint density at radius 1 is 0.958 bits per heavy atom. The number of nitrogens with zero attached hydrogens (tertiary/aromatic N) is 6. The number of piperazine rings is 1. The molecule has 1 fully saturated rings. The van der Waals surface area contributed by atoms with E-state index in [0.29, 0.717) is 0 Å². The van der Waals surface area contributed by atoms with Gasteiger partial charge in [0.1, 0.15) is 11.6 Å². The van der Waals surface area contributed by atoms with Gasteiger partial charge >= 0.3 is 0 Å². The normalized spacial score (nSPS) is 14.8. The predicted octanol–water partition coefficient (Wildman–Crippen LogP) is 2.35. The maximum Gasteiger partial charge on any atom is 0.227 e. The largest absolute Gasteiger partial charge is 0.353 e. The second-order valence-corrected chi connectivity index (χ2v) is 6.00. The molecule has 3 heterocycles. The van der Waals surface area contributed by atoms with Gasteiger partial charge in [-0.05, 0) is 32.9 Å². The minimum atomic E-state index is 0.835. The monoisotopic (exact) mass is 326 g/mol. The van der Waals surface area contributed by atoms with Crippen molar-refractivity contribution in [2.24, 2.45) is 0 Å². The average molecular weight is 326 g/mol. The second kappa shape index (κ2) is 7.47. The Bertz CT molecular complexity index is 648. The summed E-state index contributed by atoms with van der Waals surface area (Å²) in [5, 5.41) is 0. The Balaban J connectivity index is 1.72. The Hall–Kier alpha value is -2.37. The number of anilines is 3. The fourth-order valence-corrected chi connectivity index (χ4v) is 3.05. The van der Waals surface area contributed by atoms with E-state index in [4.69, 9.17) is 4.98 Å². The molecule has 6 heteroatoms. The van der Waals surface area contributed by atoms with E-state index in [1.54, 1.807) is 0 Å². The molecule has 0 spiro atoms. The van der Waals surface area contributed by atoms with Gasteiger partial charge in [-0.2, -0.15) is 4.98 Å². The Morgan fingerprint density at radius 2 is 1.62 bits per heavy atom. The van der Waals surface area contributed by atoms with E-state index in [2.05, 4.69) is 50.6 Å². The van der Waals surface area contributed by atoms with Crippen LogP contribution in [-0.4, -0.2) is 54.2 Å². The first-order chi connectivity index (χ1) is 11.7. The molecule has 0 aromatic carbocycles. The molecule has 128 valence electrons. The molecule has 0 saturated carbocycles. The summed E-state index contributed by atoms with van der Waals surface area (Å²) in [6, 6.07) is 8.16. The summed E-state index contributed by atoms with van der Waals surface area (Å²) in [4.78, 5) is 20.7. The van der Waals surface area contributed by atoms with Gasteiger partial charge in [-0.15, -0.1) is 0 Å². The van der Waals surface area contributed by atoms with Crippen molar-refractivity contribution >= 4 is 17.6 Å². The van der Waals surface area contributed by atoms with Gasteiger partial charge in [0.2, 0.25) is 5.95 Å². The summed E-state index contributed by atoms with van der Waals surface area (Å²) >= 11 is 0. The number of hydrogen-bond donors (Lipinski definition) is 0. The third kappa shape index (κ3) is 3.58. The lowest BCUT2D eigenvalue weighted by atomic mass is 10.3. The molecular formula is C18H26N6. The zero-order valence-electron chi connectivity index (χ0n) is 14.8. The zero-order valence-corrected chi connectivity index (χ0v) is 14.8. The van der Waals surface area contributed by atoms with Crippen LogP contribution < -0.4 is 14.7 Å². The quantitative estimate of drug-likeness (QED) is 0.841. The first-order valence-electron chi connectivity index (χ1n) is 8.72. The van der Waals surface area contributed by atoms with Gasteiger partial charge < -0.3 is 14.7 Å². The number of aromatic nitrogens is 3. The molecule has 0 bridgehead atoms. The fraction of sp³-hybridized carbons (Fsp3) is 0.500. The van der Waals surface area contributed by atoms with Gasteiger partial charge in [0, 0.05) is 57.2 Å². The SMILES string of the molecule is CCN(CC)c1nc(C)cc(N2CCN(c3ccccn3)CC2)n1. The van der Waals surface area contributed by atoms with Crippen molar-refractivity contribution in [3.63, 3.8) is 0 Å². The molecule has 0 N–H and O–H groups in total. The lowest BCUT2D eigenvalue weighted by Crippen LogP contribution is -2.47. The summed E-state index contributed by atoms with van der Waals surface area (Å²) in [7, 11) is 0. The third-order valence-corrected chi connectivity index (χ3v) is 4.45. The van der Waals surface area contributed by atoms with Crippen molar-refractivity contribution in [1.82, 2.24) is 15.0 Å². The van der Waals surface area contributed by atoms with E-state index in [0.717, 1.165) is 62.5 Å². The molecule has 1 aliphatic heterocycles. The summed E-state index contributed by atoms with van der Waals surface area (Å²) in [5.74, 6) is 2.92. The Labute approximate surface area is 144 Å². The molecule has 2 aromatic heterocycles. The van der Waals surface area contributed by atoms with Crippen molar-refractivity contribution in [3.05, 3.63) is 36.2 Å². The van der Waals surface area contributed by atoms with Gasteiger partial charge in [0.15, 0.2) is 0 Å². The molecule has 0 aliphatic carbocycles.